The minimum absolute atomic E-state index is 0.0503. The fourth-order valence-corrected chi connectivity index (χ4v) is 4.86. The highest BCUT2D eigenvalue weighted by molar-refractivity contribution is 6.36. The number of aliphatic hydroxyl groups excluding tert-OH is 1. The third-order valence-electron chi connectivity index (χ3n) is 6.35. The summed E-state index contributed by atoms with van der Waals surface area (Å²) in [6.45, 7) is 2.93. The van der Waals surface area contributed by atoms with Gasteiger partial charge in [-0.2, -0.15) is 0 Å². The molecule has 0 radical (unpaired) electrons. The number of methoxy groups -OCH3 is 1. The van der Waals surface area contributed by atoms with E-state index >= 15 is 0 Å². The molecule has 2 atom stereocenters. The van der Waals surface area contributed by atoms with E-state index in [0.29, 0.717) is 24.7 Å². The normalized spacial score (nSPS) is 25.6. The number of ketones is 2. The lowest BCUT2D eigenvalue weighted by molar-refractivity contribution is -0.118. The van der Waals surface area contributed by atoms with E-state index in [1.807, 2.05) is 0 Å². The lowest BCUT2D eigenvalue weighted by Crippen LogP contribution is -2.51. The summed E-state index contributed by atoms with van der Waals surface area (Å²) in [6.07, 6.45) is 2.65. The van der Waals surface area contributed by atoms with Crippen molar-refractivity contribution >= 4 is 23.2 Å². The van der Waals surface area contributed by atoms with Crippen LogP contribution in [0.5, 0.6) is 11.5 Å². The predicted molar refractivity (Wildman–Crippen MR) is 111 cm³/mol. The van der Waals surface area contributed by atoms with Gasteiger partial charge < -0.3 is 23.7 Å². The summed E-state index contributed by atoms with van der Waals surface area (Å²) in [6, 6.07) is 1.54. The van der Waals surface area contributed by atoms with E-state index in [1.165, 1.54) is 7.11 Å². The lowest BCUT2D eigenvalue weighted by Gasteiger charge is -2.34. The zero-order valence-corrected chi connectivity index (χ0v) is 18.3. The van der Waals surface area contributed by atoms with Crippen molar-refractivity contribution in [3.8, 4) is 23.0 Å². The monoisotopic (exact) mass is 460 g/mol. The van der Waals surface area contributed by atoms with E-state index in [-0.39, 0.29) is 46.1 Å². The maximum Gasteiger partial charge on any atom is 0.249 e. The third-order valence-corrected chi connectivity index (χ3v) is 6.73. The van der Waals surface area contributed by atoms with Gasteiger partial charge in [-0.25, -0.2) is 0 Å². The third kappa shape index (κ3) is 2.95. The summed E-state index contributed by atoms with van der Waals surface area (Å²) in [7, 11) is 1.41. The van der Waals surface area contributed by atoms with Crippen molar-refractivity contribution in [2.45, 2.75) is 37.7 Å². The standard InChI is InChI=1S/C22H21ClN2O7/c1-10-7-12(26)8-15(27)22(10)19(28)16-14(29-2)9-13(17(23)18(16)32-22)21-25-24-20(31-21)11-3-5-30-6-4-11/h8-11,27H,3-7H2,1-2H3/t10-,22+/m1/s1. The van der Waals surface area contributed by atoms with Crippen molar-refractivity contribution in [1.82, 2.24) is 10.2 Å². The van der Waals surface area contributed by atoms with Crippen molar-refractivity contribution in [3.05, 3.63) is 34.4 Å². The molecule has 2 aromatic rings. The van der Waals surface area contributed by atoms with E-state index in [1.54, 1.807) is 13.0 Å². The number of aromatic nitrogens is 2. The van der Waals surface area contributed by atoms with Gasteiger partial charge in [0.05, 0.1) is 17.7 Å². The molecule has 1 aromatic carbocycles. The van der Waals surface area contributed by atoms with Gasteiger partial charge in [0.25, 0.3) is 0 Å². The quantitative estimate of drug-likeness (QED) is 0.731. The minimum atomic E-state index is -1.73. The molecule has 168 valence electrons. The maximum absolute atomic E-state index is 13.5. The molecule has 1 aromatic heterocycles. The van der Waals surface area contributed by atoms with Gasteiger partial charge in [-0.1, -0.05) is 18.5 Å². The van der Waals surface area contributed by atoms with Gasteiger partial charge in [0.1, 0.15) is 17.1 Å². The highest BCUT2D eigenvalue weighted by Gasteiger charge is 2.59. The predicted octanol–water partition coefficient (Wildman–Crippen LogP) is 3.66. The Kier molecular flexibility index (Phi) is 4.98. The van der Waals surface area contributed by atoms with Crippen LogP contribution in [-0.4, -0.2) is 52.8 Å². The number of benzene rings is 1. The summed E-state index contributed by atoms with van der Waals surface area (Å²) in [4.78, 5) is 25.3. The van der Waals surface area contributed by atoms with E-state index < -0.39 is 23.1 Å². The summed E-state index contributed by atoms with van der Waals surface area (Å²) >= 11 is 6.66. The van der Waals surface area contributed by atoms with Crippen molar-refractivity contribution in [2.24, 2.45) is 5.92 Å². The number of carbonyl (C=O) groups is 2. The zero-order chi connectivity index (χ0) is 22.6. The second kappa shape index (κ2) is 7.60. The van der Waals surface area contributed by atoms with E-state index in [0.717, 1.165) is 18.9 Å². The second-order valence-corrected chi connectivity index (χ2v) is 8.62. The molecule has 1 aliphatic carbocycles. The molecule has 5 rings (SSSR count). The molecule has 3 heterocycles. The van der Waals surface area contributed by atoms with Crippen LogP contribution in [0.15, 0.2) is 22.3 Å². The van der Waals surface area contributed by atoms with Crippen LogP contribution in [0.4, 0.5) is 0 Å². The molecule has 0 unspecified atom stereocenters. The Morgan fingerprint density at radius 3 is 2.69 bits per heavy atom. The van der Waals surface area contributed by atoms with Crippen LogP contribution in [0, 0.1) is 5.92 Å². The van der Waals surface area contributed by atoms with Gasteiger partial charge in [0, 0.05) is 37.5 Å². The van der Waals surface area contributed by atoms with Crippen LogP contribution < -0.4 is 9.47 Å². The number of nitrogens with zero attached hydrogens (tertiary/aromatic N) is 2. The Morgan fingerprint density at radius 1 is 1.25 bits per heavy atom. The molecule has 32 heavy (non-hydrogen) atoms. The largest absolute Gasteiger partial charge is 0.507 e. The van der Waals surface area contributed by atoms with Crippen molar-refractivity contribution in [1.29, 1.82) is 0 Å². The molecule has 10 heteroatoms. The highest BCUT2D eigenvalue weighted by atomic mass is 35.5. The first-order chi connectivity index (χ1) is 15.4. The van der Waals surface area contributed by atoms with Gasteiger partial charge in [-0.05, 0) is 18.9 Å². The van der Waals surface area contributed by atoms with Crippen molar-refractivity contribution in [3.63, 3.8) is 0 Å². The van der Waals surface area contributed by atoms with Gasteiger partial charge in [0.15, 0.2) is 11.5 Å². The summed E-state index contributed by atoms with van der Waals surface area (Å²) < 4.78 is 22.8. The van der Waals surface area contributed by atoms with Crippen LogP contribution >= 0.6 is 11.6 Å². The Morgan fingerprint density at radius 2 is 2.00 bits per heavy atom. The average molecular weight is 461 g/mol. The van der Waals surface area contributed by atoms with Crippen LogP contribution in [0.2, 0.25) is 5.02 Å². The number of allylic oxidation sites excluding steroid dienone is 1. The number of hydrogen-bond acceptors (Lipinski definition) is 9. The minimum Gasteiger partial charge on any atom is -0.507 e. The molecular formula is C22H21ClN2O7. The van der Waals surface area contributed by atoms with Gasteiger partial charge in [0.2, 0.25) is 23.2 Å². The Balaban J connectivity index is 1.60. The molecule has 1 saturated heterocycles. The molecule has 2 aliphatic heterocycles. The fourth-order valence-electron chi connectivity index (χ4n) is 4.59. The summed E-state index contributed by atoms with van der Waals surface area (Å²) in [5.74, 6) is -0.827. The zero-order valence-electron chi connectivity index (χ0n) is 17.5. The van der Waals surface area contributed by atoms with Crippen LogP contribution in [0.25, 0.3) is 11.5 Å². The summed E-state index contributed by atoms with van der Waals surface area (Å²) in [5, 5.41) is 19.0. The van der Waals surface area contributed by atoms with E-state index in [2.05, 4.69) is 10.2 Å². The molecule has 0 amide bonds. The fraction of sp³-hybridized carbons (Fsp3) is 0.455. The lowest BCUT2D eigenvalue weighted by atomic mass is 9.75. The van der Waals surface area contributed by atoms with Crippen LogP contribution in [-0.2, 0) is 9.53 Å². The van der Waals surface area contributed by atoms with Crippen molar-refractivity contribution < 1.29 is 33.3 Å². The Labute approximate surface area is 188 Å². The number of rotatable bonds is 3. The van der Waals surface area contributed by atoms with Crippen molar-refractivity contribution in [2.75, 3.05) is 20.3 Å². The first kappa shape index (κ1) is 21.0. The number of halogens is 1. The molecule has 3 aliphatic rings. The van der Waals surface area contributed by atoms with Gasteiger partial charge in [-0.3, -0.25) is 9.59 Å². The van der Waals surface area contributed by atoms with Crippen LogP contribution in [0.3, 0.4) is 0 Å². The molecule has 1 spiro atoms. The summed E-state index contributed by atoms with van der Waals surface area (Å²) in [5.41, 5.74) is -1.28. The maximum atomic E-state index is 13.5. The average Bonchev–Trinajstić information content (AvgIpc) is 3.38. The number of aliphatic hydroxyl groups is 1. The number of Topliss-reactive ketones (excluding diaryl/α,β-unsaturated/α-hetero) is 1. The molecule has 9 nitrogen and oxygen atoms in total. The second-order valence-electron chi connectivity index (χ2n) is 8.24. The highest BCUT2D eigenvalue weighted by Crippen LogP contribution is 2.53. The molecular weight excluding hydrogens is 440 g/mol. The molecule has 1 fully saturated rings. The van der Waals surface area contributed by atoms with E-state index in [4.69, 9.17) is 30.2 Å². The number of carbonyl (C=O) groups excluding carboxylic acids is 2. The van der Waals surface area contributed by atoms with E-state index in [9.17, 15) is 14.7 Å². The number of hydrogen-bond donors (Lipinski definition) is 1. The number of ether oxygens (including phenoxy) is 3. The molecule has 0 saturated carbocycles. The molecule has 1 N–H and O–H groups in total. The van der Waals surface area contributed by atoms with Gasteiger partial charge >= 0.3 is 0 Å². The number of fused-ring (bicyclic) bond motifs is 1. The van der Waals surface area contributed by atoms with Gasteiger partial charge in [-0.15, -0.1) is 10.2 Å². The molecule has 0 bridgehead atoms. The smallest absolute Gasteiger partial charge is 0.249 e. The SMILES string of the molecule is COc1cc(-c2nnc(C3CCOCC3)o2)c(Cl)c2c1C(=O)[C@@]1(O2)C(O)=CC(=O)C[C@H]1C. The Bertz CT molecular complexity index is 1150. The Hall–Kier alpha value is -2.91. The first-order valence-electron chi connectivity index (χ1n) is 10.4. The topological polar surface area (TPSA) is 121 Å². The van der Waals surface area contributed by atoms with Crippen LogP contribution in [0.1, 0.15) is 48.4 Å². The first-order valence-corrected chi connectivity index (χ1v) is 10.7.